The van der Waals surface area contributed by atoms with E-state index in [1.165, 1.54) is 7.11 Å². The molecule has 0 aliphatic carbocycles. The van der Waals surface area contributed by atoms with E-state index < -0.39 is 12.5 Å². The fourth-order valence-electron chi connectivity index (χ4n) is 1.61. The number of methoxy groups -OCH3 is 1. The molecule has 0 saturated heterocycles. The maximum absolute atomic E-state index is 12.1. The lowest BCUT2D eigenvalue weighted by Gasteiger charge is -2.14. The first-order valence-electron chi connectivity index (χ1n) is 6.15. The van der Waals surface area contributed by atoms with Gasteiger partial charge >= 0.3 is 0 Å². The van der Waals surface area contributed by atoms with Gasteiger partial charge in [0.1, 0.15) is 6.10 Å². The number of alkyl halides is 2. The molecular formula is C13H18BrF2NO3. The van der Waals surface area contributed by atoms with E-state index in [1.54, 1.807) is 6.07 Å². The lowest BCUT2D eigenvalue weighted by molar-refractivity contribution is -0.00341. The highest BCUT2D eigenvalue weighted by atomic mass is 79.9. The van der Waals surface area contributed by atoms with Gasteiger partial charge in [0.25, 0.3) is 6.43 Å². The van der Waals surface area contributed by atoms with Gasteiger partial charge in [0.2, 0.25) is 0 Å². The SMILES string of the molecule is CCOc1c(Br)cc(CNCC(O)C(F)F)cc1OC. The van der Waals surface area contributed by atoms with Gasteiger partial charge in [-0.1, -0.05) is 0 Å². The highest BCUT2D eigenvalue weighted by molar-refractivity contribution is 9.10. The Morgan fingerprint density at radius 2 is 2.10 bits per heavy atom. The lowest BCUT2D eigenvalue weighted by Crippen LogP contribution is -2.31. The van der Waals surface area contributed by atoms with Crippen LogP contribution in [0.25, 0.3) is 0 Å². The monoisotopic (exact) mass is 353 g/mol. The molecule has 1 rings (SSSR count). The number of hydrogen-bond donors (Lipinski definition) is 2. The van der Waals surface area contributed by atoms with Crippen molar-refractivity contribution in [2.75, 3.05) is 20.3 Å². The number of ether oxygens (including phenoxy) is 2. The summed E-state index contributed by atoms with van der Waals surface area (Å²) in [6.45, 7) is 2.54. The first-order valence-corrected chi connectivity index (χ1v) is 6.95. The Kier molecular flexibility index (Phi) is 7.18. The minimum Gasteiger partial charge on any atom is -0.493 e. The van der Waals surface area contributed by atoms with Crippen molar-refractivity contribution in [1.82, 2.24) is 5.32 Å². The zero-order chi connectivity index (χ0) is 15.1. The minimum atomic E-state index is -2.75. The largest absolute Gasteiger partial charge is 0.493 e. The Labute approximate surface area is 125 Å². The summed E-state index contributed by atoms with van der Waals surface area (Å²) in [5.74, 6) is 1.17. The third kappa shape index (κ3) is 4.88. The van der Waals surface area contributed by atoms with Crippen LogP contribution in [0.5, 0.6) is 11.5 Å². The molecule has 114 valence electrons. The zero-order valence-electron chi connectivity index (χ0n) is 11.3. The van der Waals surface area contributed by atoms with E-state index in [0.717, 1.165) is 10.0 Å². The van der Waals surface area contributed by atoms with E-state index in [2.05, 4.69) is 21.2 Å². The van der Waals surface area contributed by atoms with Gasteiger partial charge in [-0.2, -0.15) is 0 Å². The summed E-state index contributed by atoms with van der Waals surface area (Å²) in [7, 11) is 1.53. The van der Waals surface area contributed by atoms with Crippen molar-refractivity contribution in [1.29, 1.82) is 0 Å². The van der Waals surface area contributed by atoms with E-state index in [0.29, 0.717) is 24.7 Å². The molecular weight excluding hydrogens is 336 g/mol. The number of aliphatic hydroxyl groups excluding tert-OH is 1. The molecule has 1 atom stereocenters. The third-order valence-corrected chi connectivity index (χ3v) is 3.14. The Bertz CT molecular complexity index is 432. The molecule has 7 heteroatoms. The van der Waals surface area contributed by atoms with Gasteiger partial charge in [0.15, 0.2) is 11.5 Å². The standard InChI is InChI=1S/C13H18BrF2NO3/c1-3-20-12-9(14)4-8(5-11(12)19-2)6-17-7-10(18)13(15)16/h4-5,10,13,17-18H,3,6-7H2,1-2H3. The van der Waals surface area contributed by atoms with E-state index in [9.17, 15) is 8.78 Å². The molecule has 0 radical (unpaired) electrons. The molecule has 2 N–H and O–H groups in total. The second-order valence-corrected chi connectivity index (χ2v) is 4.93. The Morgan fingerprint density at radius 3 is 2.65 bits per heavy atom. The van der Waals surface area contributed by atoms with E-state index in [-0.39, 0.29) is 6.54 Å². The highest BCUT2D eigenvalue weighted by Crippen LogP contribution is 2.36. The molecule has 0 aliphatic heterocycles. The molecule has 0 amide bonds. The molecule has 20 heavy (non-hydrogen) atoms. The molecule has 0 bridgehead atoms. The Morgan fingerprint density at radius 1 is 1.40 bits per heavy atom. The second kappa shape index (κ2) is 8.39. The maximum Gasteiger partial charge on any atom is 0.265 e. The summed E-state index contributed by atoms with van der Waals surface area (Å²) in [5, 5.41) is 11.8. The Balaban J connectivity index is 2.70. The van der Waals surface area contributed by atoms with Crippen LogP contribution >= 0.6 is 15.9 Å². The molecule has 0 heterocycles. The van der Waals surface area contributed by atoms with Gasteiger partial charge in [-0.25, -0.2) is 8.78 Å². The number of rotatable bonds is 8. The van der Waals surface area contributed by atoms with Gasteiger partial charge in [0.05, 0.1) is 18.2 Å². The molecule has 1 aromatic carbocycles. The molecule has 0 aliphatic rings. The van der Waals surface area contributed by atoms with Gasteiger partial charge in [-0.15, -0.1) is 0 Å². The zero-order valence-corrected chi connectivity index (χ0v) is 12.9. The van der Waals surface area contributed by atoms with Crippen LogP contribution in [0.4, 0.5) is 8.78 Å². The maximum atomic E-state index is 12.1. The van der Waals surface area contributed by atoms with Gasteiger partial charge < -0.3 is 19.9 Å². The van der Waals surface area contributed by atoms with E-state index in [1.807, 2.05) is 13.0 Å². The number of hydrogen-bond acceptors (Lipinski definition) is 4. The van der Waals surface area contributed by atoms with Crippen LogP contribution in [0.3, 0.4) is 0 Å². The van der Waals surface area contributed by atoms with Crippen LogP contribution in [0.15, 0.2) is 16.6 Å². The van der Waals surface area contributed by atoms with E-state index >= 15 is 0 Å². The fraction of sp³-hybridized carbons (Fsp3) is 0.538. The Hall–Kier alpha value is -0.920. The van der Waals surface area contributed by atoms with Crippen molar-refractivity contribution in [2.45, 2.75) is 26.0 Å². The molecule has 0 fully saturated rings. The average Bonchev–Trinajstić information content (AvgIpc) is 2.41. The predicted molar refractivity (Wildman–Crippen MR) is 75.6 cm³/mol. The van der Waals surface area contributed by atoms with Gasteiger partial charge in [-0.05, 0) is 40.5 Å². The quantitative estimate of drug-likeness (QED) is 0.754. The normalized spacial score (nSPS) is 12.6. The first-order chi connectivity index (χ1) is 9.49. The van der Waals surface area contributed by atoms with Gasteiger partial charge in [0, 0.05) is 13.1 Å². The summed E-state index contributed by atoms with van der Waals surface area (Å²) in [6.07, 6.45) is -4.41. The third-order valence-electron chi connectivity index (χ3n) is 2.55. The van der Waals surface area contributed by atoms with Gasteiger partial charge in [-0.3, -0.25) is 0 Å². The van der Waals surface area contributed by atoms with Crippen LogP contribution in [0.1, 0.15) is 12.5 Å². The number of aliphatic hydroxyl groups is 1. The summed E-state index contributed by atoms with van der Waals surface area (Å²) in [6, 6.07) is 3.58. The predicted octanol–water partition coefficient (Wildman–Crippen LogP) is 2.57. The van der Waals surface area contributed by atoms with Crippen molar-refractivity contribution in [3.05, 3.63) is 22.2 Å². The summed E-state index contributed by atoms with van der Waals surface area (Å²) >= 11 is 3.38. The number of halogens is 3. The molecule has 0 saturated carbocycles. The number of nitrogens with one attached hydrogen (secondary N) is 1. The minimum absolute atomic E-state index is 0.176. The van der Waals surface area contributed by atoms with Crippen molar-refractivity contribution in [2.24, 2.45) is 0 Å². The summed E-state index contributed by atoms with van der Waals surface area (Å²) in [4.78, 5) is 0. The van der Waals surface area contributed by atoms with Crippen molar-refractivity contribution < 1.29 is 23.4 Å². The van der Waals surface area contributed by atoms with Crippen molar-refractivity contribution in [3.63, 3.8) is 0 Å². The summed E-state index contributed by atoms with van der Waals surface area (Å²) < 4.78 is 35.7. The molecule has 0 aromatic heterocycles. The smallest absolute Gasteiger partial charge is 0.265 e. The molecule has 0 spiro atoms. The van der Waals surface area contributed by atoms with Crippen LogP contribution < -0.4 is 14.8 Å². The molecule has 4 nitrogen and oxygen atoms in total. The van der Waals surface area contributed by atoms with Crippen LogP contribution in [0.2, 0.25) is 0 Å². The average molecular weight is 354 g/mol. The molecule has 1 aromatic rings. The second-order valence-electron chi connectivity index (χ2n) is 4.07. The topological polar surface area (TPSA) is 50.7 Å². The van der Waals surface area contributed by atoms with Crippen molar-refractivity contribution in [3.8, 4) is 11.5 Å². The van der Waals surface area contributed by atoms with Crippen LogP contribution in [-0.4, -0.2) is 37.9 Å². The lowest BCUT2D eigenvalue weighted by atomic mass is 10.2. The molecule has 1 unspecified atom stereocenters. The number of benzene rings is 1. The highest BCUT2D eigenvalue weighted by Gasteiger charge is 2.16. The fourth-order valence-corrected chi connectivity index (χ4v) is 2.22. The van der Waals surface area contributed by atoms with Crippen LogP contribution in [-0.2, 0) is 6.54 Å². The van der Waals surface area contributed by atoms with Crippen LogP contribution in [0, 0.1) is 0 Å². The van der Waals surface area contributed by atoms with E-state index in [4.69, 9.17) is 14.6 Å². The van der Waals surface area contributed by atoms with Crippen molar-refractivity contribution >= 4 is 15.9 Å². The summed E-state index contributed by atoms with van der Waals surface area (Å²) in [5.41, 5.74) is 0.832. The first kappa shape index (κ1) is 17.1.